The van der Waals surface area contributed by atoms with Gasteiger partial charge >= 0.3 is 0 Å². The fourth-order valence-corrected chi connectivity index (χ4v) is 1.34. The molecule has 0 radical (unpaired) electrons. The number of amides is 1. The molecule has 1 aromatic carbocycles. The van der Waals surface area contributed by atoms with Gasteiger partial charge in [-0.15, -0.1) is 0 Å². The Balaban J connectivity index is 3.06. The number of nitro groups is 1. The zero-order valence-electron chi connectivity index (χ0n) is 10.1. The number of para-hydroxylation sites is 1. The average Bonchev–Trinajstić information content (AvgIpc) is 2.38. The molecule has 0 saturated heterocycles. The van der Waals surface area contributed by atoms with E-state index in [9.17, 15) is 14.9 Å². The first-order valence-electron chi connectivity index (χ1n) is 5.40. The lowest BCUT2D eigenvalue weighted by atomic mass is 10.0. The van der Waals surface area contributed by atoms with Crippen LogP contribution in [0.15, 0.2) is 24.3 Å². The van der Waals surface area contributed by atoms with Crippen LogP contribution < -0.4 is 5.32 Å². The molecular weight excluding hydrogens is 234 g/mol. The summed E-state index contributed by atoms with van der Waals surface area (Å²) in [6, 6.07) is 7.62. The molecule has 6 nitrogen and oxygen atoms in total. The number of hydrogen-bond donors (Lipinski definition) is 1. The normalized spacial score (nSPS) is 13.2. The maximum Gasteiger partial charge on any atom is 0.282 e. The van der Waals surface area contributed by atoms with Gasteiger partial charge in [0.05, 0.1) is 11.0 Å². The first-order chi connectivity index (χ1) is 8.43. The molecule has 94 valence electrons. The molecule has 6 heteroatoms. The van der Waals surface area contributed by atoms with Crippen molar-refractivity contribution >= 4 is 11.6 Å². The van der Waals surface area contributed by atoms with Gasteiger partial charge in [-0.1, -0.05) is 19.1 Å². The third kappa shape index (κ3) is 2.83. The lowest BCUT2D eigenvalue weighted by molar-refractivity contribution is -0.385. The van der Waals surface area contributed by atoms with Crippen molar-refractivity contribution in [1.29, 1.82) is 5.26 Å². The van der Waals surface area contributed by atoms with Crippen LogP contribution in [0.2, 0.25) is 0 Å². The summed E-state index contributed by atoms with van der Waals surface area (Å²) in [5.41, 5.74) is -1.34. The SMILES string of the molecule is CCC(C)(C#N)NC(=O)c1ccccc1[N+](=O)[O-]. The molecular formula is C12H13N3O3. The van der Waals surface area contributed by atoms with Crippen molar-refractivity contribution in [1.82, 2.24) is 5.32 Å². The lowest BCUT2D eigenvalue weighted by Gasteiger charge is -2.21. The van der Waals surface area contributed by atoms with E-state index < -0.39 is 16.4 Å². The van der Waals surface area contributed by atoms with E-state index >= 15 is 0 Å². The molecule has 0 aliphatic heterocycles. The van der Waals surface area contributed by atoms with Crippen LogP contribution in [0.25, 0.3) is 0 Å². The van der Waals surface area contributed by atoms with Gasteiger partial charge in [0.2, 0.25) is 0 Å². The van der Waals surface area contributed by atoms with Gasteiger partial charge in [0, 0.05) is 6.07 Å². The number of carbonyl (C=O) groups is 1. The Morgan fingerprint density at radius 3 is 2.67 bits per heavy atom. The highest BCUT2D eigenvalue weighted by Gasteiger charge is 2.27. The number of carbonyl (C=O) groups excluding carboxylic acids is 1. The predicted molar refractivity (Wildman–Crippen MR) is 64.9 cm³/mol. The van der Waals surface area contributed by atoms with Crippen LogP contribution in [0, 0.1) is 21.4 Å². The van der Waals surface area contributed by atoms with E-state index in [2.05, 4.69) is 5.32 Å². The highest BCUT2D eigenvalue weighted by Crippen LogP contribution is 2.19. The zero-order valence-corrected chi connectivity index (χ0v) is 10.1. The van der Waals surface area contributed by atoms with Crippen molar-refractivity contribution in [3.8, 4) is 6.07 Å². The average molecular weight is 247 g/mol. The maximum atomic E-state index is 11.9. The van der Waals surface area contributed by atoms with Gasteiger partial charge in [-0.2, -0.15) is 5.26 Å². The van der Waals surface area contributed by atoms with Crippen molar-refractivity contribution in [3.05, 3.63) is 39.9 Å². The summed E-state index contributed by atoms with van der Waals surface area (Å²) in [4.78, 5) is 22.1. The molecule has 0 saturated carbocycles. The quantitative estimate of drug-likeness (QED) is 0.650. The molecule has 0 aliphatic carbocycles. The molecule has 1 aromatic rings. The summed E-state index contributed by atoms with van der Waals surface area (Å²) >= 11 is 0. The van der Waals surface area contributed by atoms with Gasteiger partial charge in [0.25, 0.3) is 11.6 Å². The van der Waals surface area contributed by atoms with Crippen molar-refractivity contribution in [2.24, 2.45) is 0 Å². The number of rotatable bonds is 4. The summed E-state index contributed by atoms with van der Waals surface area (Å²) in [7, 11) is 0. The third-order valence-corrected chi connectivity index (χ3v) is 2.69. The monoisotopic (exact) mass is 247 g/mol. The van der Waals surface area contributed by atoms with E-state index in [0.717, 1.165) is 0 Å². The van der Waals surface area contributed by atoms with Gasteiger partial charge in [-0.25, -0.2) is 0 Å². The third-order valence-electron chi connectivity index (χ3n) is 2.69. The minimum atomic E-state index is -1.03. The lowest BCUT2D eigenvalue weighted by Crippen LogP contribution is -2.44. The molecule has 1 N–H and O–H groups in total. The molecule has 0 heterocycles. The van der Waals surface area contributed by atoms with Gasteiger partial charge in [-0.05, 0) is 19.4 Å². The molecule has 0 spiro atoms. The van der Waals surface area contributed by atoms with Crippen LogP contribution in [-0.4, -0.2) is 16.4 Å². The fourth-order valence-electron chi connectivity index (χ4n) is 1.34. The minimum Gasteiger partial charge on any atom is -0.334 e. The van der Waals surface area contributed by atoms with E-state index in [-0.39, 0.29) is 11.3 Å². The van der Waals surface area contributed by atoms with Crippen LogP contribution in [0.1, 0.15) is 30.6 Å². The number of nitrogens with zero attached hydrogens (tertiary/aromatic N) is 2. The second-order valence-electron chi connectivity index (χ2n) is 4.03. The molecule has 1 atom stereocenters. The highest BCUT2D eigenvalue weighted by atomic mass is 16.6. The summed E-state index contributed by atoms with van der Waals surface area (Å²) in [5.74, 6) is -0.617. The molecule has 0 aromatic heterocycles. The topological polar surface area (TPSA) is 96.0 Å². The molecule has 18 heavy (non-hydrogen) atoms. The molecule has 0 bridgehead atoms. The molecule has 1 amide bonds. The molecule has 1 rings (SSSR count). The van der Waals surface area contributed by atoms with Crippen LogP contribution in [0.5, 0.6) is 0 Å². The summed E-state index contributed by atoms with van der Waals surface area (Å²) < 4.78 is 0. The smallest absolute Gasteiger partial charge is 0.282 e. The molecule has 1 unspecified atom stereocenters. The van der Waals surface area contributed by atoms with E-state index in [4.69, 9.17) is 5.26 Å². The van der Waals surface area contributed by atoms with Crippen LogP contribution in [-0.2, 0) is 0 Å². The largest absolute Gasteiger partial charge is 0.334 e. The van der Waals surface area contributed by atoms with Crippen molar-refractivity contribution in [3.63, 3.8) is 0 Å². The Labute approximate surface area is 104 Å². The van der Waals surface area contributed by atoms with Crippen molar-refractivity contribution < 1.29 is 9.72 Å². The molecule has 0 fully saturated rings. The summed E-state index contributed by atoms with van der Waals surface area (Å²) in [6.07, 6.45) is 0.413. The number of nitriles is 1. The second-order valence-corrected chi connectivity index (χ2v) is 4.03. The van der Waals surface area contributed by atoms with Crippen LogP contribution >= 0.6 is 0 Å². The van der Waals surface area contributed by atoms with Gasteiger partial charge in [0.15, 0.2) is 0 Å². The van der Waals surface area contributed by atoms with Gasteiger partial charge in [0.1, 0.15) is 11.1 Å². The Morgan fingerprint density at radius 1 is 1.56 bits per heavy atom. The highest BCUT2D eigenvalue weighted by molar-refractivity contribution is 5.98. The van der Waals surface area contributed by atoms with E-state index in [0.29, 0.717) is 6.42 Å². The maximum absolute atomic E-state index is 11.9. The van der Waals surface area contributed by atoms with Crippen LogP contribution in [0.4, 0.5) is 5.69 Å². The fraction of sp³-hybridized carbons (Fsp3) is 0.333. The zero-order chi connectivity index (χ0) is 13.8. The van der Waals surface area contributed by atoms with E-state index in [1.54, 1.807) is 13.8 Å². The number of hydrogen-bond acceptors (Lipinski definition) is 4. The number of benzene rings is 1. The van der Waals surface area contributed by atoms with Gasteiger partial charge < -0.3 is 5.32 Å². The van der Waals surface area contributed by atoms with Gasteiger partial charge in [-0.3, -0.25) is 14.9 Å². The Morgan fingerprint density at radius 2 is 2.17 bits per heavy atom. The second kappa shape index (κ2) is 5.27. The number of nitro benzene ring substituents is 1. The van der Waals surface area contributed by atoms with Crippen molar-refractivity contribution in [2.45, 2.75) is 25.8 Å². The van der Waals surface area contributed by atoms with E-state index in [1.807, 2.05) is 6.07 Å². The molecule has 0 aliphatic rings. The van der Waals surface area contributed by atoms with E-state index in [1.165, 1.54) is 24.3 Å². The summed E-state index contributed by atoms with van der Waals surface area (Å²) in [6.45, 7) is 3.32. The standard InChI is InChI=1S/C12H13N3O3/c1-3-12(2,8-13)14-11(16)9-6-4-5-7-10(9)15(17)18/h4-7H,3H2,1-2H3,(H,14,16). The van der Waals surface area contributed by atoms with Crippen LogP contribution in [0.3, 0.4) is 0 Å². The predicted octanol–water partition coefficient (Wildman–Crippen LogP) is 2.02. The summed E-state index contributed by atoms with van der Waals surface area (Å²) in [5, 5.41) is 22.3. The first kappa shape index (κ1) is 13.6. The Bertz CT molecular complexity index is 522. The first-order valence-corrected chi connectivity index (χ1v) is 5.40. The number of nitrogens with one attached hydrogen (secondary N) is 1. The Hall–Kier alpha value is -2.42. The van der Waals surface area contributed by atoms with Crippen molar-refractivity contribution in [2.75, 3.05) is 0 Å². The minimum absolute atomic E-state index is 0.0441. The Kier molecular flexibility index (Phi) is 4.00.